The maximum atomic E-state index is 12.7. The van der Waals surface area contributed by atoms with E-state index >= 15 is 0 Å². The van der Waals surface area contributed by atoms with Gasteiger partial charge in [0, 0.05) is 35.2 Å². The number of benzene rings is 2. The third-order valence-electron chi connectivity index (χ3n) is 4.96. The molecule has 0 aliphatic carbocycles. The number of nitrogens with zero attached hydrogens (tertiary/aromatic N) is 1. The van der Waals surface area contributed by atoms with E-state index in [2.05, 4.69) is 15.2 Å². The Morgan fingerprint density at radius 3 is 2.77 bits per heavy atom. The standard InChI is InChI=1S/C21H22ClN3O/c22-16-8-9-20(25-10-4-1-5-11-25)19(13-16)24-21(26)12-15-14-23-18-7-3-2-6-17(15)18/h2-3,6-9,13-14,23H,1,4-5,10-12H2,(H,24,26). The van der Waals surface area contributed by atoms with Crippen molar-refractivity contribution < 1.29 is 4.79 Å². The molecule has 2 heterocycles. The Bertz CT molecular complexity index is 928. The van der Waals surface area contributed by atoms with Crippen molar-refractivity contribution >= 4 is 39.8 Å². The van der Waals surface area contributed by atoms with Gasteiger partial charge in [-0.15, -0.1) is 0 Å². The zero-order chi connectivity index (χ0) is 17.9. The number of aromatic nitrogens is 1. The van der Waals surface area contributed by atoms with E-state index in [0.29, 0.717) is 11.4 Å². The van der Waals surface area contributed by atoms with Crippen molar-refractivity contribution in [1.29, 1.82) is 0 Å². The fourth-order valence-corrected chi connectivity index (χ4v) is 3.84. The highest BCUT2D eigenvalue weighted by molar-refractivity contribution is 6.31. The number of fused-ring (bicyclic) bond motifs is 1. The van der Waals surface area contributed by atoms with Gasteiger partial charge >= 0.3 is 0 Å². The summed E-state index contributed by atoms with van der Waals surface area (Å²) in [6, 6.07) is 13.8. The number of hydrogen-bond acceptors (Lipinski definition) is 2. The fourth-order valence-electron chi connectivity index (χ4n) is 3.66. The molecule has 1 aliphatic heterocycles. The molecule has 0 spiro atoms. The Morgan fingerprint density at radius 2 is 1.92 bits per heavy atom. The number of amides is 1. The number of aromatic amines is 1. The molecule has 26 heavy (non-hydrogen) atoms. The molecule has 1 aliphatic rings. The maximum Gasteiger partial charge on any atom is 0.228 e. The number of H-pyrrole nitrogens is 1. The molecule has 4 rings (SSSR count). The van der Waals surface area contributed by atoms with Crippen molar-refractivity contribution in [1.82, 2.24) is 4.98 Å². The summed E-state index contributed by atoms with van der Waals surface area (Å²) >= 11 is 6.19. The van der Waals surface area contributed by atoms with Crippen LogP contribution in [0.25, 0.3) is 10.9 Å². The Balaban J connectivity index is 1.54. The minimum atomic E-state index is -0.0321. The smallest absolute Gasteiger partial charge is 0.228 e. The Labute approximate surface area is 158 Å². The number of rotatable bonds is 4. The zero-order valence-corrected chi connectivity index (χ0v) is 15.4. The summed E-state index contributed by atoms with van der Waals surface area (Å²) in [5.41, 5.74) is 3.90. The number of nitrogens with one attached hydrogen (secondary N) is 2. The van der Waals surface area contributed by atoms with Crippen LogP contribution in [-0.2, 0) is 11.2 Å². The number of carbonyl (C=O) groups is 1. The molecular formula is C21H22ClN3O. The topological polar surface area (TPSA) is 48.1 Å². The van der Waals surface area contributed by atoms with Crippen LogP contribution in [-0.4, -0.2) is 24.0 Å². The van der Waals surface area contributed by atoms with Crippen LogP contribution in [0.15, 0.2) is 48.7 Å². The molecule has 5 heteroatoms. The van der Waals surface area contributed by atoms with Crippen LogP contribution in [0.3, 0.4) is 0 Å². The largest absolute Gasteiger partial charge is 0.370 e. The Hall–Kier alpha value is -2.46. The molecule has 1 fully saturated rings. The predicted octanol–water partition coefficient (Wildman–Crippen LogP) is 4.99. The van der Waals surface area contributed by atoms with Gasteiger partial charge in [0.05, 0.1) is 17.8 Å². The normalized spacial score (nSPS) is 14.6. The molecule has 1 amide bonds. The predicted molar refractivity (Wildman–Crippen MR) is 108 cm³/mol. The maximum absolute atomic E-state index is 12.7. The molecule has 0 saturated carbocycles. The molecule has 2 aromatic carbocycles. The second kappa shape index (κ2) is 7.42. The van der Waals surface area contributed by atoms with Crippen molar-refractivity contribution in [2.75, 3.05) is 23.3 Å². The summed E-state index contributed by atoms with van der Waals surface area (Å²) < 4.78 is 0. The molecular weight excluding hydrogens is 346 g/mol. The highest BCUT2D eigenvalue weighted by atomic mass is 35.5. The van der Waals surface area contributed by atoms with Gasteiger partial charge in [-0.25, -0.2) is 0 Å². The third kappa shape index (κ3) is 3.56. The summed E-state index contributed by atoms with van der Waals surface area (Å²) in [4.78, 5) is 18.2. The van der Waals surface area contributed by atoms with E-state index in [1.807, 2.05) is 48.7 Å². The number of para-hydroxylation sites is 1. The second-order valence-electron chi connectivity index (χ2n) is 6.79. The lowest BCUT2D eigenvalue weighted by Crippen LogP contribution is -2.30. The van der Waals surface area contributed by atoms with Crippen LogP contribution in [0.4, 0.5) is 11.4 Å². The lowest BCUT2D eigenvalue weighted by molar-refractivity contribution is -0.115. The molecule has 0 unspecified atom stereocenters. The number of halogens is 1. The van der Waals surface area contributed by atoms with Gasteiger partial charge in [-0.1, -0.05) is 29.8 Å². The van der Waals surface area contributed by atoms with Crippen molar-refractivity contribution in [3.8, 4) is 0 Å². The van der Waals surface area contributed by atoms with Crippen molar-refractivity contribution in [3.05, 3.63) is 59.2 Å². The van der Waals surface area contributed by atoms with E-state index in [4.69, 9.17) is 11.6 Å². The molecule has 1 saturated heterocycles. The van der Waals surface area contributed by atoms with Crippen LogP contribution in [0.2, 0.25) is 5.02 Å². The average molecular weight is 368 g/mol. The summed E-state index contributed by atoms with van der Waals surface area (Å²) in [6.45, 7) is 2.04. The number of carbonyl (C=O) groups excluding carboxylic acids is 1. The average Bonchev–Trinajstić information content (AvgIpc) is 3.05. The van der Waals surface area contributed by atoms with Gasteiger partial charge in [0.15, 0.2) is 0 Å². The first kappa shape index (κ1) is 17.0. The number of hydrogen-bond donors (Lipinski definition) is 2. The summed E-state index contributed by atoms with van der Waals surface area (Å²) in [5, 5.41) is 4.79. The van der Waals surface area contributed by atoms with Crippen molar-refractivity contribution in [3.63, 3.8) is 0 Å². The van der Waals surface area contributed by atoms with Crippen LogP contribution in [0.1, 0.15) is 24.8 Å². The fraction of sp³-hybridized carbons (Fsp3) is 0.286. The van der Waals surface area contributed by atoms with Gasteiger partial charge < -0.3 is 15.2 Å². The van der Waals surface area contributed by atoms with E-state index < -0.39 is 0 Å². The highest BCUT2D eigenvalue weighted by Gasteiger charge is 2.17. The molecule has 2 N–H and O–H groups in total. The number of anilines is 2. The van der Waals surface area contributed by atoms with E-state index in [-0.39, 0.29) is 5.91 Å². The van der Waals surface area contributed by atoms with Crippen LogP contribution in [0, 0.1) is 0 Å². The van der Waals surface area contributed by atoms with Crippen LogP contribution < -0.4 is 10.2 Å². The molecule has 0 bridgehead atoms. The summed E-state index contributed by atoms with van der Waals surface area (Å²) in [6.07, 6.45) is 5.88. The van der Waals surface area contributed by atoms with Crippen molar-refractivity contribution in [2.45, 2.75) is 25.7 Å². The monoisotopic (exact) mass is 367 g/mol. The van der Waals surface area contributed by atoms with Crippen LogP contribution in [0.5, 0.6) is 0 Å². The first-order valence-corrected chi connectivity index (χ1v) is 9.48. The van der Waals surface area contributed by atoms with E-state index in [0.717, 1.165) is 40.9 Å². The summed E-state index contributed by atoms with van der Waals surface area (Å²) in [5.74, 6) is -0.0321. The molecule has 0 radical (unpaired) electrons. The molecule has 1 aromatic heterocycles. The van der Waals surface area contributed by atoms with Gasteiger partial charge in [-0.2, -0.15) is 0 Å². The Kier molecular flexibility index (Phi) is 4.85. The van der Waals surface area contributed by atoms with Gasteiger partial charge in [0.1, 0.15) is 0 Å². The SMILES string of the molecule is O=C(Cc1c[nH]c2ccccc12)Nc1cc(Cl)ccc1N1CCCCC1. The zero-order valence-electron chi connectivity index (χ0n) is 14.6. The van der Waals surface area contributed by atoms with Gasteiger partial charge in [-0.05, 0) is 49.1 Å². The lowest BCUT2D eigenvalue weighted by atomic mass is 10.1. The van der Waals surface area contributed by atoms with Crippen LogP contribution >= 0.6 is 11.6 Å². The van der Waals surface area contributed by atoms with E-state index in [1.54, 1.807) is 0 Å². The molecule has 0 atom stereocenters. The number of piperidine rings is 1. The summed E-state index contributed by atoms with van der Waals surface area (Å²) in [7, 11) is 0. The first-order chi connectivity index (χ1) is 12.7. The molecule has 4 nitrogen and oxygen atoms in total. The molecule has 3 aromatic rings. The highest BCUT2D eigenvalue weighted by Crippen LogP contribution is 2.31. The second-order valence-corrected chi connectivity index (χ2v) is 7.23. The van der Waals surface area contributed by atoms with E-state index in [9.17, 15) is 4.79 Å². The van der Waals surface area contributed by atoms with Gasteiger partial charge in [0.2, 0.25) is 5.91 Å². The van der Waals surface area contributed by atoms with Gasteiger partial charge in [0.25, 0.3) is 0 Å². The van der Waals surface area contributed by atoms with Crippen molar-refractivity contribution in [2.24, 2.45) is 0 Å². The minimum absolute atomic E-state index is 0.0321. The van der Waals surface area contributed by atoms with Gasteiger partial charge in [-0.3, -0.25) is 4.79 Å². The molecule has 134 valence electrons. The van der Waals surface area contributed by atoms with E-state index in [1.165, 1.54) is 19.3 Å². The first-order valence-electron chi connectivity index (χ1n) is 9.10. The quantitative estimate of drug-likeness (QED) is 0.682. The third-order valence-corrected chi connectivity index (χ3v) is 5.19. The minimum Gasteiger partial charge on any atom is -0.370 e. The lowest BCUT2D eigenvalue weighted by Gasteiger charge is -2.30. The Morgan fingerprint density at radius 1 is 1.12 bits per heavy atom.